The fourth-order valence-electron chi connectivity index (χ4n) is 3.37. The number of aliphatic hydroxyl groups excluding tert-OH is 1. The Bertz CT molecular complexity index is 306. The molecule has 3 unspecified atom stereocenters. The zero-order valence-corrected chi connectivity index (χ0v) is 12.2. The summed E-state index contributed by atoms with van der Waals surface area (Å²) >= 11 is 0. The van der Waals surface area contributed by atoms with Gasteiger partial charge in [0, 0.05) is 18.5 Å². The molecule has 1 saturated heterocycles. The number of hydrogen-bond acceptors (Lipinski definition) is 3. The molecule has 0 aromatic carbocycles. The van der Waals surface area contributed by atoms with Gasteiger partial charge in [-0.3, -0.25) is 0 Å². The molecule has 1 heterocycles. The van der Waals surface area contributed by atoms with Crippen molar-refractivity contribution in [1.82, 2.24) is 4.90 Å². The van der Waals surface area contributed by atoms with Crippen LogP contribution in [0.1, 0.15) is 52.4 Å². The van der Waals surface area contributed by atoms with E-state index in [9.17, 15) is 9.90 Å². The van der Waals surface area contributed by atoms with Gasteiger partial charge in [-0.2, -0.15) is 0 Å². The number of piperidine rings is 1. The van der Waals surface area contributed by atoms with Crippen LogP contribution in [-0.4, -0.2) is 41.4 Å². The lowest BCUT2D eigenvalue weighted by Gasteiger charge is -2.39. The lowest BCUT2D eigenvalue weighted by Crippen LogP contribution is -2.49. The quantitative estimate of drug-likeness (QED) is 0.857. The Hall–Kier alpha value is -0.770. The molecule has 4 nitrogen and oxygen atoms in total. The van der Waals surface area contributed by atoms with Crippen LogP contribution in [0.2, 0.25) is 0 Å². The average molecular weight is 269 g/mol. The summed E-state index contributed by atoms with van der Waals surface area (Å²) in [5.41, 5.74) is 0. The summed E-state index contributed by atoms with van der Waals surface area (Å²) in [5.74, 6) is 0.621. The molecule has 110 valence electrons. The average Bonchev–Trinajstić information content (AvgIpc) is 2.82. The molecule has 19 heavy (non-hydrogen) atoms. The van der Waals surface area contributed by atoms with Crippen LogP contribution >= 0.6 is 0 Å². The predicted octanol–water partition coefficient (Wildman–Crippen LogP) is 2.79. The molecule has 1 aliphatic carbocycles. The zero-order chi connectivity index (χ0) is 13.8. The number of carbonyl (C=O) groups excluding carboxylic acids is 1. The highest BCUT2D eigenvalue weighted by Crippen LogP contribution is 2.35. The maximum atomic E-state index is 12.2. The Morgan fingerprint density at radius 2 is 2.05 bits per heavy atom. The largest absolute Gasteiger partial charge is 0.449 e. The van der Waals surface area contributed by atoms with Gasteiger partial charge >= 0.3 is 6.09 Å². The van der Waals surface area contributed by atoms with E-state index in [2.05, 4.69) is 0 Å². The minimum absolute atomic E-state index is 0.183. The van der Waals surface area contributed by atoms with Crippen molar-refractivity contribution >= 4 is 6.09 Å². The third-order valence-corrected chi connectivity index (χ3v) is 4.35. The van der Waals surface area contributed by atoms with E-state index < -0.39 is 0 Å². The van der Waals surface area contributed by atoms with E-state index in [0.717, 1.165) is 45.1 Å². The first-order valence-electron chi connectivity index (χ1n) is 7.71. The number of carbonyl (C=O) groups is 1. The first kappa shape index (κ1) is 14.6. The van der Waals surface area contributed by atoms with Crippen molar-refractivity contribution in [2.75, 3.05) is 13.2 Å². The maximum Gasteiger partial charge on any atom is 0.410 e. The lowest BCUT2D eigenvalue weighted by atomic mass is 9.88. The summed E-state index contributed by atoms with van der Waals surface area (Å²) in [7, 11) is 0. The number of amides is 1. The molecule has 2 rings (SSSR count). The van der Waals surface area contributed by atoms with Crippen LogP contribution in [0.4, 0.5) is 4.79 Å². The minimum atomic E-state index is -0.233. The fourth-order valence-corrected chi connectivity index (χ4v) is 3.37. The van der Waals surface area contributed by atoms with E-state index in [4.69, 9.17) is 4.74 Å². The molecule has 1 amide bonds. The lowest BCUT2D eigenvalue weighted by molar-refractivity contribution is 0.0217. The number of hydrogen-bond donors (Lipinski definition) is 1. The summed E-state index contributed by atoms with van der Waals surface area (Å²) in [6.07, 6.45) is 5.81. The van der Waals surface area contributed by atoms with E-state index in [-0.39, 0.29) is 24.2 Å². The first-order chi connectivity index (χ1) is 9.09. The second-order valence-electron chi connectivity index (χ2n) is 6.39. The second kappa shape index (κ2) is 6.60. The van der Waals surface area contributed by atoms with Crippen LogP contribution in [0.3, 0.4) is 0 Å². The van der Waals surface area contributed by atoms with E-state index in [1.165, 1.54) is 0 Å². The smallest absolute Gasteiger partial charge is 0.410 e. The van der Waals surface area contributed by atoms with E-state index >= 15 is 0 Å². The first-order valence-corrected chi connectivity index (χ1v) is 7.71. The standard InChI is InChI=1S/C15H27NO3/c1-11(2)10-19-15(18)16-9-4-3-7-13(16)12-6-5-8-14(12)17/h11-14,17H,3-10H2,1-2H3. The van der Waals surface area contributed by atoms with Crippen molar-refractivity contribution in [2.45, 2.75) is 64.5 Å². The van der Waals surface area contributed by atoms with Crippen molar-refractivity contribution in [3.8, 4) is 0 Å². The molecule has 0 bridgehead atoms. The van der Waals surface area contributed by atoms with E-state index in [1.54, 1.807) is 0 Å². The molecular weight excluding hydrogens is 242 g/mol. The summed E-state index contributed by atoms with van der Waals surface area (Å²) in [6.45, 7) is 5.35. The highest BCUT2D eigenvalue weighted by atomic mass is 16.6. The van der Waals surface area contributed by atoms with Crippen molar-refractivity contribution < 1.29 is 14.6 Å². The molecule has 2 aliphatic rings. The molecule has 1 saturated carbocycles. The van der Waals surface area contributed by atoms with Crippen LogP contribution < -0.4 is 0 Å². The van der Waals surface area contributed by atoms with Crippen LogP contribution in [-0.2, 0) is 4.74 Å². The molecule has 0 spiro atoms. The number of likely N-dealkylation sites (tertiary alicyclic amines) is 1. The Morgan fingerprint density at radius 3 is 2.68 bits per heavy atom. The maximum absolute atomic E-state index is 12.2. The van der Waals surface area contributed by atoms with Gasteiger partial charge in [0.1, 0.15) is 0 Å². The summed E-state index contributed by atoms with van der Waals surface area (Å²) in [4.78, 5) is 14.1. The van der Waals surface area contributed by atoms with Crippen molar-refractivity contribution in [3.05, 3.63) is 0 Å². The Labute approximate surface area is 116 Å². The zero-order valence-electron chi connectivity index (χ0n) is 12.2. The Morgan fingerprint density at radius 1 is 1.26 bits per heavy atom. The van der Waals surface area contributed by atoms with Crippen molar-refractivity contribution in [1.29, 1.82) is 0 Å². The van der Waals surface area contributed by atoms with Gasteiger partial charge < -0.3 is 14.7 Å². The van der Waals surface area contributed by atoms with Gasteiger partial charge in [-0.05, 0) is 38.0 Å². The Balaban J connectivity index is 1.97. The van der Waals surface area contributed by atoms with E-state index in [1.807, 2.05) is 18.7 Å². The SMILES string of the molecule is CC(C)COC(=O)N1CCCCC1C1CCCC1O. The third-order valence-electron chi connectivity index (χ3n) is 4.35. The van der Waals surface area contributed by atoms with Gasteiger partial charge in [-0.25, -0.2) is 4.79 Å². The molecular formula is C15H27NO3. The van der Waals surface area contributed by atoms with Gasteiger partial charge in [0.25, 0.3) is 0 Å². The number of aliphatic hydroxyl groups is 1. The number of rotatable bonds is 3. The van der Waals surface area contributed by atoms with Crippen LogP contribution in [0.25, 0.3) is 0 Å². The van der Waals surface area contributed by atoms with Gasteiger partial charge in [-0.1, -0.05) is 20.3 Å². The van der Waals surface area contributed by atoms with Crippen molar-refractivity contribution in [3.63, 3.8) is 0 Å². The van der Waals surface area contributed by atoms with E-state index in [0.29, 0.717) is 12.5 Å². The second-order valence-corrected chi connectivity index (χ2v) is 6.39. The number of ether oxygens (including phenoxy) is 1. The molecule has 4 heteroatoms. The molecule has 2 fully saturated rings. The van der Waals surface area contributed by atoms with Gasteiger partial charge in [0.05, 0.1) is 12.7 Å². The normalized spacial score (nSPS) is 31.8. The molecule has 0 radical (unpaired) electrons. The molecule has 0 aromatic heterocycles. The molecule has 1 N–H and O–H groups in total. The van der Waals surface area contributed by atoms with Gasteiger partial charge in [-0.15, -0.1) is 0 Å². The minimum Gasteiger partial charge on any atom is -0.449 e. The highest BCUT2D eigenvalue weighted by molar-refractivity contribution is 5.68. The van der Waals surface area contributed by atoms with Crippen LogP contribution in [0.15, 0.2) is 0 Å². The highest BCUT2D eigenvalue weighted by Gasteiger charge is 2.39. The van der Waals surface area contributed by atoms with Crippen LogP contribution in [0.5, 0.6) is 0 Å². The third kappa shape index (κ3) is 3.62. The summed E-state index contributed by atoms with van der Waals surface area (Å²) in [5, 5.41) is 10.1. The molecule has 0 aromatic rings. The fraction of sp³-hybridized carbons (Fsp3) is 0.933. The van der Waals surface area contributed by atoms with Crippen molar-refractivity contribution in [2.24, 2.45) is 11.8 Å². The van der Waals surface area contributed by atoms with Gasteiger partial charge in [0.15, 0.2) is 0 Å². The molecule has 1 aliphatic heterocycles. The van der Waals surface area contributed by atoms with Gasteiger partial charge in [0.2, 0.25) is 0 Å². The summed E-state index contributed by atoms with van der Waals surface area (Å²) in [6, 6.07) is 0.186. The monoisotopic (exact) mass is 269 g/mol. The topological polar surface area (TPSA) is 49.8 Å². The Kier molecular flexibility index (Phi) is 5.08. The predicted molar refractivity (Wildman–Crippen MR) is 73.9 cm³/mol. The number of nitrogens with zero attached hydrogens (tertiary/aromatic N) is 1. The van der Waals surface area contributed by atoms with Crippen LogP contribution in [0, 0.1) is 11.8 Å². The molecule has 3 atom stereocenters. The summed E-state index contributed by atoms with van der Waals surface area (Å²) < 4.78 is 5.37.